The summed E-state index contributed by atoms with van der Waals surface area (Å²) in [5.41, 5.74) is 1.62. The highest BCUT2D eigenvalue weighted by Crippen LogP contribution is 2.28. The van der Waals surface area contributed by atoms with Gasteiger partial charge >= 0.3 is 0 Å². The fourth-order valence-electron chi connectivity index (χ4n) is 2.23. The van der Waals surface area contributed by atoms with E-state index in [4.69, 9.17) is 4.74 Å². The van der Waals surface area contributed by atoms with E-state index in [0.717, 1.165) is 0 Å². The third kappa shape index (κ3) is 3.33. The van der Waals surface area contributed by atoms with Crippen molar-refractivity contribution in [2.45, 2.75) is 0 Å². The Morgan fingerprint density at radius 1 is 1.08 bits per heavy atom. The number of anilines is 1. The molecular weight excluding hydrogens is 310 g/mol. The van der Waals surface area contributed by atoms with E-state index in [-0.39, 0.29) is 23.9 Å². The van der Waals surface area contributed by atoms with Gasteiger partial charge in [0.25, 0.3) is 5.91 Å². The summed E-state index contributed by atoms with van der Waals surface area (Å²) in [5, 5.41) is 13.3. The second-order valence-electron chi connectivity index (χ2n) is 5.15. The summed E-state index contributed by atoms with van der Waals surface area (Å²) in [6, 6.07) is 10.8. The fourth-order valence-corrected chi connectivity index (χ4v) is 2.23. The van der Waals surface area contributed by atoms with Gasteiger partial charge in [-0.05, 0) is 35.4 Å². The molecule has 0 aliphatic carbocycles. The molecule has 0 saturated carbocycles. The van der Waals surface area contributed by atoms with E-state index < -0.39 is 5.97 Å². The van der Waals surface area contributed by atoms with E-state index in [1.54, 1.807) is 36.4 Å². The molecule has 1 aliphatic rings. The van der Waals surface area contributed by atoms with Gasteiger partial charge < -0.3 is 20.0 Å². The highest BCUT2D eigenvalue weighted by atomic mass is 16.5. The number of amides is 1. The van der Waals surface area contributed by atoms with Gasteiger partial charge in [0.05, 0.1) is 11.7 Å². The van der Waals surface area contributed by atoms with Gasteiger partial charge in [-0.2, -0.15) is 0 Å². The maximum Gasteiger partial charge on any atom is 0.262 e. The van der Waals surface area contributed by atoms with Crippen molar-refractivity contribution in [1.82, 2.24) is 0 Å². The fraction of sp³-hybridized carbons (Fsp3) is 0.0556. The lowest BCUT2D eigenvalue weighted by molar-refractivity contribution is -0.255. The number of benzene rings is 2. The van der Waals surface area contributed by atoms with Crippen LogP contribution in [0.1, 0.15) is 26.3 Å². The Morgan fingerprint density at radius 3 is 2.50 bits per heavy atom. The minimum atomic E-state index is -1.25. The highest BCUT2D eigenvalue weighted by molar-refractivity contribution is 6.08. The Bertz CT molecular complexity index is 852. The number of carboxylic acid groups (broad SMARTS) is 1. The van der Waals surface area contributed by atoms with E-state index in [2.05, 4.69) is 5.32 Å². The van der Waals surface area contributed by atoms with Crippen molar-refractivity contribution >= 4 is 29.4 Å². The summed E-state index contributed by atoms with van der Waals surface area (Å²) < 4.78 is 5.24. The lowest BCUT2D eigenvalue weighted by Gasteiger charge is -2.17. The number of aromatic carboxylic acids is 1. The van der Waals surface area contributed by atoms with Crippen LogP contribution in [0.3, 0.4) is 0 Å². The molecule has 6 nitrogen and oxygen atoms in total. The van der Waals surface area contributed by atoms with Crippen molar-refractivity contribution in [2.75, 3.05) is 11.9 Å². The summed E-state index contributed by atoms with van der Waals surface area (Å²) in [6.45, 7) is -0.0396. The topological polar surface area (TPSA) is 95.5 Å². The summed E-state index contributed by atoms with van der Waals surface area (Å²) in [6.07, 6.45) is 2.96. The smallest absolute Gasteiger partial charge is 0.262 e. The van der Waals surface area contributed by atoms with E-state index in [1.807, 2.05) is 0 Å². The molecule has 6 heteroatoms. The van der Waals surface area contributed by atoms with Crippen LogP contribution < -0.4 is 15.2 Å². The molecule has 1 amide bonds. The van der Waals surface area contributed by atoms with E-state index in [9.17, 15) is 19.5 Å². The molecule has 24 heavy (non-hydrogen) atoms. The van der Waals surface area contributed by atoms with Crippen molar-refractivity contribution in [1.29, 1.82) is 0 Å². The first-order chi connectivity index (χ1) is 11.5. The number of carbonyl (C=O) groups is 3. The quantitative estimate of drug-likeness (QED) is 0.676. The zero-order valence-electron chi connectivity index (χ0n) is 12.4. The maximum atomic E-state index is 12.2. The average Bonchev–Trinajstić information content (AvgIpc) is 2.59. The lowest BCUT2D eigenvalue weighted by atomic mass is 10.1. The number of allylic oxidation sites excluding steroid dienone is 1. The van der Waals surface area contributed by atoms with Gasteiger partial charge in [-0.15, -0.1) is 0 Å². The Labute approximate surface area is 137 Å². The molecule has 3 rings (SSSR count). The number of nitrogens with one attached hydrogen (secondary N) is 1. The second kappa shape index (κ2) is 6.37. The number of rotatable bonds is 4. The average molecular weight is 322 g/mol. The monoisotopic (exact) mass is 322 g/mol. The largest absolute Gasteiger partial charge is 0.545 e. The molecule has 1 aliphatic heterocycles. The minimum Gasteiger partial charge on any atom is -0.545 e. The van der Waals surface area contributed by atoms with Crippen molar-refractivity contribution in [2.24, 2.45) is 0 Å². The Hall–Kier alpha value is -3.41. The zero-order valence-corrected chi connectivity index (χ0v) is 12.4. The summed E-state index contributed by atoms with van der Waals surface area (Å²) in [5.74, 6) is -1.25. The third-order valence-electron chi connectivity index (χ3n) is 3.47. The van der Waals surface area contributed by atoms with Crippen LogP contribution in [0.2, 0.25) is 0 Å². The Kier molecular flexibility index (Phi) is 4.11. The van der Waals surface area contributed by atoms with E-state index >= 15 is 0 Å². The second-order valence-corrected chi connectivity index (χ2v) is 5.15. The first-order valence-electron chi connectivity index (χ1n) is 7.13. The van der Waals surface area contributed by atoms with Crippen LogP contribution in [0.25, 0.3) is 6.08 Å². The molecule has 120 valence electrons. The molecule has 0 bridgehead atoms. The van der Waals surface area contributed by atoms with Crippen molar-refractivity contribution in [3.63, 3.8) is 0 Å². The molecule has 2 aromatic rings. The molecule has 0 atom stereocenters. The van der Waals surface area contributed by atoms with Crippen LogP contribution in [0.4, 0.5) is 5.69 Å². The van der Waals surface area contributed by atoms with Crippen LogP contribution in [-0.2, 0) is 4.79 Å². The van der Waals surface area contributed by atoms with Crippen molar-refractivity contribution in [3.05, 3.63) is 65.2 Å². The molecule has 1 heterocycles. The summed E-state index contributed by atoms with van der Waals surface area (Å²) in [4.78, 5) is 34.2. The van der Waals surface area contributed by atoms with E-state index in [1.165, 1.54) is 18.2 Å². The Morgan fingerprint density at radius 2 is 1.79 bits per heavy atom. The van der Waals surface area contributed by atoms with Gasteiger partial charge in [-0.3, -0.25) is 9.59 Å². The van der Waals surface area contributed by atoms with Crippen LogP contribution >= 0.6 is 0 Å². The van der Waals surface area contributed by atoms with E-state index in [0.29, 0.717) is 22.6 Å². The molecular formula is C18H12NO5-. The van der Waals surface area contributed by atoms with Gasteiger partial charge in [0.15, 0.2) is 12.4 Å². The minimum absolute atomic E-state index is 0.0396. The molecule has 0 aromatic heterocycles. The number of carboxylic acids is 1. The maximum absolute atomic E-state index is 12.2. The standard InChI is InChI=1S/C18H13NO5/c20-15(7-3-11-1-4-12(5-2-11)18(22)23)13-6-8-16-14(9-13)19-17(21)10-24-16/h1-9H,10H2,(H,19,21)(H,22,23)/p-1/b7-3+. The third-order valence-corrected chi connectivity index (χ3v) is 3.47. The van der Waals surface area contributed by atoms with Crippen LogP contribution in [0, 0.1) is 0 Å². The number of carbonyl (C=O) groups excluding carboxylic acids is 3. The predicted molar refractivity (Wildman–Crippen MR) is 84.7 cm³/mol. The number of hydrogen-bond acceptors (Lipinski definition) is 5. The molecule has 0 spiro atoms. The Balaban J connectivity index is 1.76. The predicted octanol–water partition coefficient (Wildman–Crippen LogP) is 1.28. The summed E-state index contributed by atoms with van der Waals surface area (Å²) in [7, 11) is 0. The molecule has 0 fully saturated rings. The number of ketones is 1. The molecule has 1 N–H and O–H groups in total. The van der Waals surface area contributed by atoms with Gasteiger partial charge in [0, 0.05) is 5.56 Å². The normalized spacial score (nSPS) is 13.1. The molecule has 0 radical (unpaired) electrons. The summed E-state index contributed by atoms with van der Waals surface area (Å²) >= 11 is 0. The zero-order chi connectivity index (χ0) is 17.1. The van der Waals surface area contributed by atoms with Gasteiger partial charge in [0.2, 0.25) is 0 Å². The molecule has 0 saturated heterocycles. The molecule has 2 aromatic carbocycles. The van der Waals surface area contributed by atoms with Gasteiger partial charge in [-0.1, -0.05) is 30.3 Å². The first-order valence-corrected chi connectivity index (χ1v) is 7.13. The molecule has 0 unspecified atom stereocenters. The SMILES string of the molecule is O=C1COc2ccc(C(=O)/C=C/c3ccc(C(=O)[O-])cc3)cc2N1. The van der Waals surface area contributed by atoms with Crippen LogP contribution in [0.15, 0.2) is 48.5 Å². The lowest BCUT2D eigenvalue weighted by Crippen LogP contribution is -2.25. The van der Waals surface area contributed by atoms with Crippen molar-refractivity contribution < 1.29 is 24.2 Å². The first kappa shape index (κ1) is 15.5. The van der Waals surface area contributed by atoms with Crippen molar-refractivity contribution in [3.8, 4) is 5.75 Å². The van der Waals surface area contributed by atoms with Crippen LogP contribution in [0.5, 0.6) is 5.75 Å². The van der Waals surface area contributed by atoms with Gasteiger partial charge in [-0.25, -0.2) is 0 Å². The van der Waals surface area contributed by atoms with Crippen LogP contribution in [-0.4, -0.2) is 24.3 Å². The van der Waals surface area contributed by atoms with Gasteiger partial charge in [0.1, 0.15) is 5.75 Å². The highest BCUT2D eigenvalue weighted by Gasteiger charge is 2.17. The number of fused-ring (bicyclic) bond motifs is 1. The number of ether oxygens (including phenoxy) is 1. The number of hydrogen-bond donors (Lipinski definition) is 1.